The fourth-order valence-corrected chi connectivity index (χ4v) is 3.48. The van der Waals surface area contributed by atoms with Gasteiger partial charge in [0.15, 0.2) is 0 Å². The highest BCUT2D eigenvalue weighted by Gasteiger charge is 2.59. The lowest BCUT2D eigenvalue weighted by Gasteiger charge is -2.58. The molecule has 2 bridgehead atoms. The molecule has 0 aromatic heterocycles. The molecule has 1 N–H and O–H groups in total. The molecule has 0 radical (unpaired) electrons. The third-order valence-corrected chi connectivity index (χ3v) is 5.46. The van der Waals surface area contributed by atoms with E-state index in [2.05, 4.69) is 32.9 Å². The Morgan fingerprint density at radius 2 is 1.88 bits per heavy atom. The van der Waals surface area contributed by atoms with Gasteiger partial charge in [0, 0.05) is 5.41 Å². The van der Waals surface area contributed by atoms with Gasteiger partial charge in [0.1, 0.15) is 0 Å². The van der Waals surface area contributed by atoms with Crippen molar-refractivity contribution in [2.24, 2.45) is 22.2 Å². The summed E-state index contributed by atoms with van der Waals surface area (Å²) in [5.41, 5.74) is -0.634. The molecular formula is C14H22O2. The number of hydrogen-bond acceptors (Lipinski definition) is 1. The summed E-state index contributed by atoms with van der Waals surface area (Å²) < 4.78 is 0. The molecular weight excluding hydrogens is 200 g/mol. The van der Waals surface area contributed by atoms with Crippen molar-refractivity contribution in [2.75, 3.05) is 0 Å². The molecule has 3 rings (SSSR count). The molecule has 2 nitrogen and oxygen atoms in total. The Balaban J connectivity index is 2.49. The Kier molecular flexibility index (Phi) is 2.28. The number of allylic oxidation sites excluding steroid dienone is 2. The van der Waals surface area contributed by atoms with Gasteiger partial charge in [0.25, 0.3) is 0 Å². The molecule has 1 saturated carbocycles. The summed E-state index contributed by atoms with van der Waals surface area (Å²) in [6.07, 6.45) is 7.41. The van der Waals surface area contributed by atoms with Crippen molar-refractivity contribution in [3.63, 3.8) is 0 Å². The minimum atomic E-state index is -0.635. The standard InChI is InChI=1S/C14H22O2/c1-10(2)14-7-5-12(3,6-8-14)13(4,9-14)11(15)16/h5,7,10H,6,8-9H2,1-4H3,(H,15,16). The normalized spacial score (nSPS) is 46.3. The molecule has 0 aliphatic heterocycles. The van der Waals surface area contributed by atoms with Gasteiger partial charge in [-0.3, -0.25) is 4.79 Å². The van der Waals surface area contributed by atoms with Crippen LogP contribution >= 0.6 is 0 Å². The van der Waals surface area contributed by atoms with E-state index < -0.39 is 11.4 Å². The maximum atomic E-state index is 11.6. The summed E-state index contributed by atoms with van der Waals surface area (Å²) in [6.45, 7) is 8.44. The Labute approximate surface area is 97.7 Å². The lowest BCUT2D eigenvalue weighted by molar-refractivity contribution is -0.164. The van der Waals surface area contributed by atoms with Gasteiger partial charge >= 0.3 is 5.97 Å². The average Bonchev–Trinajstić information content (AvgIpc) is 2.20. The van der Waals surface area contributed by atoms with Gasteiger partial charge in [-0.15, -0.1) is 0 Å². The summed E-state index contributed by atoms with van der Waals surface area (Å²) >= 11 is 0. The zero-order valence-electron chi connectivity index (χ0n) is 10.7. The minimum Gasteiger partial charge on any atom is -0.481 e. The summed E-state index contributed by atoms with van der Waals surface area (Å²) in [6, 6.07) is 0. The van der Waals surface area contributed by atoms with Gasteiger partial charge in [-0.1, -0.05) is 32.9 Å². The predicted octanol–water partition coefficient (Wildman–Crippen LogP) is 3.48. The van der Waals surface area contributed by atoms with Crippen LogP contribution in [0.2, 0.25) is 0 Å². The second-order valence-electron chi connectivity index (χ2n) is 6.45. The molecule has 0 spiro atoms. The van der Waals surface area contributed by atoms with E-state index in [-0.39, 0.29) is 10.8 Å². The van der Waals surface area contributed by atoms with Crippen LogP contribution in [0.5, 0.6) is 0 Å². The van der Waals surface area contributed by atoms with Crippen molar-refractivity contribution in [3.8, 4) is 0 Å². The van der Waals surface area contributed by atoms with Crippen LogP contribution in [0, 0.1) is 22.2 Å². The van der Waals surface area contributed by atoms with E-state index in [9.17, 15) is 9.90 Å². The van der Waals surface area contributed by atoms with Gasteiger partial charge in [0.05, 0.1) is 5.41 Å². The molecule has 3 aliphatic carbocycles. The highest BCUT2D eigenvalue weighted by Crippen LogP contribution is 2.63. The van der Waals surface area contributed by atoms with Gasteiger partial charge in [0.2, 0.25) is 0 Å². The quantitative estimate of drug-likeness (QED) is 0.726. The van der Waals surface area contributed by atoms with Crippen molar-refractivity contribution in [1.82, 2.24) is 0 Å². The Morgan fingerprint density at radius 3 is 2.25 bits per heavy atom. The summed E-state index contributed by atoms with van der Waals surface area (Å²) in [5.74, 6) is -0.114. The van der Waals surface area contributed by atoms with E-state index in [1.165, 1.54) is 0 Å². The molecule has 3 aliphatic rings. The SMILES string of the molecule is CC(C)C12C=CC(C)(CC1)C(C)(C(=O)O)C2. The average molecular weight is 222 g/mol. The first-order chi connectivity index (χ1) is 7.26. The summed E-state index contributed by atoms with van der Waals surface area (Å²) in [5, 5.41) is 9.55. The number of rotatable bonds is 2. The fourth-order valence-electron chi connectivity index (χ4n) is 3.48. The van der Waals surface area contributed by atoms with E-state index in [0.717, 1.165) is 19.3 Å². The zero-order valence-corrected chi connectivity index (χ0v) is 10.7. The molecule has 0 heterocycles. The number of carbonyl (C=O) groups is 1. The van der Waals surface area contributed by atoms with Crippen LogP contribution in [0.15, 0.2) is 12.2 Å². The molecule has 2 heteroatoms. The third-order valence-electron chi connectivity index (χ3n) is 5.46. The van der Waals surface area contributed by atoms with E-state index in [1.54, 1.807) is 0 Å². The molecule has 0 saturated heterocycles. The van der Waals surface area contributed by atoms with Crippen LogP contribution in [-0.4, -0.2) is 11.1 Å². The molecule has 90 valence electrons. The Morgan fingerprint density at radius 1 is 1.25 bits per heavy atom. The van der Waals surface area contributed by atoms with Crippen LogP contribution < -0.4 is 0 Å². The van der Waals surface area contributed by atoms with Crippen LogP contribution in [0.3, 0.4) is 0 Å². The number of fused-ring (bicyclic) bond motifs is 2. The van der Waals surface area contributed by atoms with Crippen LogP contribution in [0.25, 0.3) is 0 Å². The number of carboxylic acids is 1. The Bertz CT molecular complexity index is 358. The van der Waals surface area contributed by atoms with Crippen molar-refractivity contribution >= 4 is 5.97 Å². The molecule has 0 aromatic carbocycles. The summed E-state index contributed by atoms with van der Waals surface area (Å²) in [7, 11) is 0. The Hall–Kier alpha value is -0.790. The van der Waals surface area contributed by atoms with Gasteiger partial charge in [-0.05, 0) is 37.5 Å². The number of hydrogen-bond donors (Lipinski definition) is 1. The van der Waals surface area contributed by atoms with Crippen molar-refractivity contribution in [3.05, 3.63) is 12.2 Å². The van der Waals surface area contributed by atoms with E-state index in [0.29, 0.717) is 5.92 Å². The minimum absolute atomic E-state index is 0.116. The largest absolute Gasteiger partial charge is 0.481 e. The first-order valence-corrected chi connectivity index (χ1v) is 6.20. The number of carboxylic acid groups (broad SMARTS) is 1. The molecule has 3 unspecified atom stereocenters. The lowest BCUT2D eigenvalue weighted by atomic mass is 9.45. The van der Waals surface area contributed by atoms with Crippen molar-refractivity contribution in [1.29, 1.82) is 0 Å². The molecule has 16 heavy (non-hydrogen) atoms. The van der Waals surface area contributed by atoms with Gasteiger partial charge < -0.3 is 5.11 Å². The van der Waals surface area contributed by atoms with Gasteiger partial charge in [-0.25, -0.2) is 0 Å². The topological polar surface area (TPSA) is 37.3 Å². The highest BCUT2D eigenvalue weighted by molar-refractivity contribution is 5.76. The molecule has 3 atom stereocenters. The maximum absolute atomic E-state index is 11.6. The second-order valence-corrected chi connectivity index (χ2v) is 6.45. The smallest absolute Gasteiger partial charge is 0.310 e. The molecule has 1 fully saturated rings. The fraction of sp³-hybridized carbons (Fsp3) is 0.786. The number of aliphatic carboxylic acids is 1. The predicted molar refractivity (Wildman–Crippen MR) is 64.1 cm³/mol. The van der Waals surface area contributed by atoms with E-state index in [1.807, 2.05) is 6.92 Å². The van der Waals surface area contributed by atoms with Crippen LogP contribution in [0.1, 0.15) is 47.0 Å². The lowest BCUT2D eigenvalue weighted by Crippen LogP contribution is -2.54. The van der Waals surface area contributed by atoms with Crippen LogP contribution in [-0.2, 0) is 4.79 Å². The first kappa shape index (κ1) is 11.7. The molecule has 0 amide bonds. The zero-order chi connectivity index (χ0) is 12.2. The van der Waals surface area contributed by atoms with E-state index in [4.69, 9.17) is 0 Å². The molecule has 0 aromatic rings. The van der Waals surface area contributed by atoms with Crippen molar-refractivity contribution < 1.29 is 9.90 Å². The van der Waals surface area contributed by atoms with Gasteiger partial charge in [-0.2, -0.15) is 0 Å². The van der Waals surface area contributed by atoms with Crippen LogP contribution in [0.4, 0.5) is 0 Å². The summed E-state index contributed by atoms with van der Waals surface area (Å²) in [4.78, 5) is 11.6. The monoisotopic (exact) mass is 222 g/mol. The van der Waals surface area contributed by atoms with E-state index >= 15 is 0 Å². The first-order valence-electron chi connectivity index (χ1n) is 6.20. The second kappa shape index (κ2) is 3.12. The maximum Gasteiger partial charge on any atom is 0.310 e. The van der Waals surface area contributed by atoms with Crippen molar-refractivity contribution in [2.45, 2.75) is 47.0 Å². The third kappa shape index (κ3) is 1.22. The highest BCUT2D eigenvalue weighted by atomic mass is 16.4.